The Morgan fingerprint density at radius 2 is 1.45 bits per heavy atom. The Bertz CT molecular complexity index is 635. The number of rotatable bonds is 8. The van der Waals surface area contributed by atoms with Gasteiger partial charge in [0.15, 0.2) is 0 Å². The molecule has 2 heterocycles. The van der Waals surface area contributed by atoms with Crippen LogP contribution in [0.2, 0.25) is 0 Å². The monoisotopic (exact) mass is 469 g/mol. The average Bonchev–Trinajstić information content (AvgIpc) is 3.01. The van der Waals surface area contributed by atoms with E-state index in [2.05, 4.69) is 5.09 Å². The smallest absolute Gasteiger partial charge is 0.389 e. The standard InChI is InChI=1S/C20H40NO9P/c1-11-16(22)15(13(28-11)9-26-19(3,4)5)21-31(24,25)27-10-14-18(30-20(6,7)8)17(23)12(2)29-14/h11-18,22-23H,9-10H2,1-8H3,(H2,21,24,25)/t11-,12-,13+,14+,15-,16?,17?,18-/m0/s1. The zero-order valence-electron chi connectivity index (χ0n) is 19.8. The molecule has 2 fully saturated rings. The Balaban J connectivity index is 2.00. The van der Waals surface area contributed by atoms with Gasteiger partial charge in [0.25, 0.3) is 0 Å². The first kappa shape index (κ1) is 27.1. The molecule has 11 heteroatoms. The van der Waals surface area contributed by atoms with Crippen molar-refractivity contribution in [3.05, 3.63) is 0 Å². The Labute approximate surface area is 185 Å². The second-order valence-electron chi connectivity index (χ2n) is 10.3. The number of nitrogens with one attached hydrogen (secondary N) is 1. The average molecular weight is 470 g/mol. The zero-order valence-corrected chi connectivity index (χ0v) is 20.7. The van der Waals surface area contributed by atoms with Crippen LogP contribution in [0.25, 0.3) is 0 Å². The molecule has 2 aliphatic heterocycles. The Kier molecular flexibility index (Phi) is 8.76. The van der Waals surface area contributed by atoms with Crippen LogP contribution in [0.5, 0.6) is 0 Å². The molecule has 0 radical (unpaired) electrons. The summed E-state index contributed by atoms with van der Waals surface area (Å²) in [7, 11) is -4.34. The van der Waals surface area contributed by atoms with E-state index in [1.807, 2.05) is 41.5 Å². The van der Waals surface area contributed by atoms with E-state index in [-0.39, 0.29) is 13.2 Å². The normalized spacial score (nSPS) is 39.1. The molecule has 0 aromatic heterocycles. The summed E-state index contributed by atoms with van der Waals surface area (Å²) in [5.74, 6) is 0. The molecule has 0 aromatic carbocycles. The molecule has 2 rings (SSSR count). The van der Waals surface area contributed by atoms with Crippen LogP contribution >= 0.6 is 7.75 Å². The molecule has 3 unspecified atom stereocenters. The highest BCUT2D eigenvalue weighted by molar-refractivity contribution is 7.50. The van der Waals surface area contributed by atoms with E-state index in [0.717, 1.165) is 0 Å². The van der Waals surface area contributed by atoms with Crippen molar-refractivity contribution in [2.75, 3.05) is 13.2 Å². The lowest BCUT2D eigenvalue weighted by Crippen LogP contribution is -2.46. The summed E-state index contributed by atoms with van der Waals surface area (Å²) in [4.78, 5) is 10.4. The Morgan fingerprint density at radius 1 is 0.903 bits per heavy atom. The summed E-state index contributed by atoms with van der Waals surface area (Å²) in [5, 5.41) is 23.3. The Morgan fingerprint density at radius 3 is 2.00 bits per heavy atom. The van der Waals surface area contributed by atoms with Crippen LogP contribution in [0, 0.1) is 0 Å². The van der Waals surface area contributed by atoms with Crippen molar-refractivity contribution in [2.24, 2.45) is 0 Å². The summed E-state index contributed by atoms with van der Waals surface area (Å²) in [6.45, 7) is 14.5. The number of hydrogen-bond acceptors (Lipinski definition) is 8. The SMILES string of the molecule is C[C@@H]1O[C@H](COC(C)(C)C)[C@H](NP(=O)(O)OC[C@H]2O[C@@H](C)C(O)[C@H]2OC(C)(C)C)C1O. The van der Waals surface area contributed by atoms with E-state index < -0.39 is 67.7 Å². The number of hydrogen-bond donors (Lipinski definition) is 4. The molecular weight excluding hydrogens is 429 g/mol. The largest absolute Gasteiger partial charge is 0.403 e. The lowest BCUT2D eigenvalue weighted by atomic mass is 10.1. The second-order valence-corrected chi connectivity index (χ2v) is 11.9. The topological polar surface area (TPSA) is 136 Å². The molecule has 0 saturated carbocycles. The first-order valence-corrected chi connectivity index (χ1v) is 12.3. The zero-order chi connectivity index (χ0) is 23.8. The fourth-order valence-corrected chi connectivity index (χ4v) is 4.72. The molecule has 0 aromatic rings. The minimum atomic E-state index is -4.34. The third kappa shape index (κ3) is 7.99. The summed E-state index contributed by atoms with van der Waals surface area (Å²) >= 11 is 0. The third-order valence-electron chi connectivity index (χ3n) is 5.11. The highest BCUT2D eigenvalue weighted by atomic mass is 31.2. The van der Waals surface area contributed by atoms with Crippen LogP contribution in [0.1, 0.15) is 55.4 Å². The maximum absolute atomic E-state index is 12.7. The van der Waals surface area contributed by atoms with Gasteiger partial charge in [0, 0.05) is 0 Å². The fraction of sp³-hybridized carbons (Fsp3) is 1.00. The summed E-state index contributed by atoms with van der Waals surface area (Å²) in [6.07, 6.45) is -5.00. The van der Waals surface area contributed by atoms with Gasteiger partial charge in [-0.2, -0.15) is 0 Å². The lowest BCUT2D eigenvalue weighted by molar-refractivity contribution is -0.118. The fourth-order valence-electron chi connectivity index (χ4n) is 3.60. The first-order valence-electron chi connectivity index (χ1n) is 10.7. The van der Waals surface area contributed by atoms with Gasteiger partial charge in [0.1, 0.15) is 18.3 Å². The molecule has 0 spiro atoms. The molecule has 9 atom stereocenters. The second kappa shape index (κ2) is 10.0. The van der Waals surface area contributed by atoms with Crippen molar-refractivity contribution in [3.63, 3.8) is 0 Å². The van der Waals surface area contributed by atoms with Crippen molar-refractivity contribution < 1.29 is 43.1 Å². The quantitative estimate of drug-likeness (QED) is 0.386. The van der Waals surface area contributed by atoms with E-state index in [1.165, 1.54) is 0 Å². The van der Waals surface area contributed by atoms with Crippen molar-refractivity contribution >= 4 is 7.75 Å². The Hall–Kier alpha value is -0.130. The van der Waals surface area contributed by atoms with Crippen LogP contribution in [0.3, 0.4) is 0 Å². The van der Waals surface area contributed by atoms with Crippen LogP contribution in [0.15, 0.2) is 0 Å². The summed E-state index contributed by atoms with van der Waals surface area (Å²) in [5.41, 5.74) is -0.969. The van der Waals surface area contributed by atoms with Crippen molar-refractivity contribution in [1.82, 2.24) is 5.09 Å². The van der Waals surface area contributed by atoms with Gasteiger partial charge in [0.05, 0.1) is 54.9 Å². The molecule has 10 nitrogen and oxygen atoms in total. The van der Waals surface area contributed by atoms with Crippen molar-refractivity contribution in [1.29, 1.82) is 0 Å². The van der Waals surface area contributed by atoms with E-state index in [4.69, 9.17) is 23.5 Å². The van der Waals surface area contributed by atoms with Crippen LogP contribution in [-0.2, 0) is 28.0 Å². The van der Waals surface area contributed by atoms with Gasteiger partial charge in [-0.3, -0.25) is 4.52 Å². The highest BCUT2D eigenvalue weighted by Crippen LogP contribution is 2.41. The van der Waals surface area contributed by atoms with Crippen molar-refractivity contribution in [3.8, 4) is 0 Å². The first-order chi connectivity index (χ1) is 14.0. The maximum atomic E-state index is 12.7. The molecule has 0 bridgehead atoms. The van der Waals surface area contributed by atoms with Gasteiger partial charge in [-0.05, 0) is 55.4 Å². The molecule has 0 amide bonds. The summed E-state index contributed by atoms with van der Waals surface area (Å²) in [6, 6.07) is -0.858. The predicted octanol–water partition coefficient (Wildman–Crippen LogP) is 1.36. The van der Waals surface area contributed by atoms with E-state index in [9.17, 15) is 19.7 Å². The highest BCUT2D eigenvalue weighted by Gasteiger charge is 2.47. The molecule has 184 valence electrons. The number of ether oxygens (including phenoxy) is 4. The van der Waals surface area contributed by atoms with Crippen molar-refractivity contribution in [2.45, 2.75) is 115 Å². The third-order valence-corrected chi connectivity index (χ3v) is 6.23. The van der Waals surface area contributed by atoms with E-state index in [1.54, 1.807) is 13.8 Å². The van der Waals surface area contributed by atoms with Gasteiger partial charge in [-0.15, -0.1) is 0 Å². The number of aliphatic hydroxyl groups excluding tert-OH is 2. The molecule has 0 aliphatic carbocycles. The molecule has 4 N–H and O–H groups in total. The molecule has 2 aliphatic rings. The lowest BCUT2D eigenvalue weighted by Gasteiger charge is -2.30. The minimum Gasteiger partial charge on any atom is -0.389 e. The van der Waals surface area contributed by atoms with Crippen LogP contribution in [0.4, 0.5) is 0 Å². The van der Waals surface area contributed by atoms with E-state index in [0.29, 0.717) is 0 Å². The van der Waals surface area contributed by atoms with E-state index >= 15 is 0 Å². The molecular formula is C20H40NO9P. The van der Waals surface area contributed by atoms with Gasteiger partial charge >= 0.3 is 7.75 Å². The maximum Gasteiger partial charge on any atom is 0.403 e. The van der Waals surface area contributed by atoms with Crippen LogP contribution < -0.4 is 5.09 Å². The molecule has 2 saturated heterocycles. The minimum absolute atomic E-state index is 0.138. The van der Waals surface area contributed by atoms with Gasteiger partial charge in [-0.25, -0.2) is 9.65 Å². The predicted molar refractivity (Wildman–Crippen MR) is 114 cm³/mol. The van der Waals surface area contributed by atoms with Gasteiger partial charge in [-0.1, -0.05) is 0 Å². The summed E-state index contributed by atoms with van der Waals surface area (Å²) < 4.78 is 41.0. The van der Waals surface area contributed by atoms with Gasteiger partial charge < -0.3 is 34.1 Å². The molecule has 31 heavy (non-hydrogen) atoms. The van der Waals surface area contributed by atoms with Crippen LogP contribution in [-0.4, -0.2) is 88.3 Å². The van der Waals surface area contributed by atoms with Gasteiger partial charge in [0.2, 0.25) is 0 Å². The number of aliphatic hydroxyl groups is 2.